The Hall–Kier alpha value is -1.25. The summed E-state index contributed by atoms with van der Waals surface area (Å²) in [4.78, 5) is 13.2. The fraction of sp³-hybridized carbons (Fsp3) is 0.875. The first-order valence-electron chi connectivity index (χ1n) is 8.57. The summed E-state index contributed by atoms with van der Waals surface area (Å²) in [5, 5.41) is 27.6. The molecule has 0 fully saturated rings. The van der Waals surface area contributed by atoms with Gasteiger partial charge in [0.15, 0.2) is 0 Å². The van der Waals surface area contributed by atoms with Crippen LogP contribution in [-0.4, -0.2) is 95.2 Å². The third-order valence-corrected chi connectivity index (χ3v) is 4.25. The third-order valence-electron chi connectivity index (χ3n) is 4.25. The van der Waals surface area contributed by atoms with E-state index in [2.05, 4.69) is 30.0 Å². The number of aliphatic hydroxyl groups is 2. The van der Waals surface area contributed by atoms with Gasteiger partial charge in [0, 0.05) is 26.2 Å². The van der Waals surface area contributed by atoms with E-state index in [0.717, 1.165) is 37.9 Å². The fourth-order valence-electron chi connectivity index (χ4n) is 3.14. The second kappa shape index (κ2) is 8.91. The van der Waals surface area contributed by atoms with Crippen LogP contribution in [-0.2, 0) is 0 Å². The van der Waals surface area contributed by atoms with Crippen molar-refractivity contribution in [2.45, 2.75) is 38.8 Å². The molecular weight excluding hydrogens is 344 g/mol. The van der Waals surface area contributed by atoms with Crippen LogP contribution in [0.2, 0.25) is 0 Å². The highest BCUT2D eigenvalue weighted by Gasteiger charge is 2.36. The number of nitrogens with zero attached hydrogens (tertiary/aromatic N) is 6. The molecule has 0 radical (unpaired) electrons. The molecule has 0 saturated carbocycles. The lowest BCUT2D eigenvalue weighted by Gasteiger charge is -2.31. The maximum atomic E-state index is 9.20. The summed E-state index contributed by atoms with van der Waals surface area (Å²) in [5.74, 6) is 1.74. The number of hydrogen-bond acceptors (Lipinski definition) is 8. The molecule has 9 heteroatoms. The summed E-state index contributed by atoms with van der Waals surface area (Å²) in [6.07, 6.45) is 0. The van der Waals surface area contributed by atoms with Gasteiger partial charge in [0.2, 0.25) is 0 Å². The molecule has 0 aromatic rings. The van der Waals surface area contributed by atoms with Crippen molar-refractivity contribution in [3.05, 3.63) is 0 Å². The van der Waals surface area contributed by atoms with Gasteiger partial charge in [-0.3, -0.25) is 9.98 Å². The van der Waals surface area contributed by atoms with Crippen LogP contribution < -0.4 is 0 Å². The Kier molecular flexibility index (Phi) is 7.77. The SMILES string of the molecule is CC(C)(N=NC(C)(C)C1=NCCN1CCO)C1=NCCN1CCO.Cl. The van der Waals surface area contributed by atoms with Gasteiger partial charge in [-0.1, -0.05) is 0 Å². The Balaban J connectivity index is 0.00000312. The molecule has 2 heterocycles. The number of rotatable bonds is 8. The van der Waals surface area contributed by atoms with Crippen LogP contribution in [0.1, 0.15) is 27.7 Å². The molecule has 0 atom stereocenters. The maximum absolute atomic E-state index is 9.20. The zero-order chi connectivity index (χ0) is 17.8. The molecule has 0 aromatic carbocycles. The van der Waals surface area contributed by atoms with Crippen molar-refractivity contribution in [2.75, 3.05) is 52.5 Å². The molecule has 2 rings (SSSR count). The molecule has 0 unspecified atom stereocenters. The van der Waals surface area contributed by atoms with E-state index >= 15 is 0 Å². The van der Waals surface area contributed by atoms with Crippen molar-refractivity contribution in [3.8, 4) is 0 Å². The number of amidine groups is 2. The monoisotopic (exact) mass is 374 g/mol. The van der Waals surface area contributed by atoms with Crippen LogP contribution in [0.4, 0.5) is 0 Å². The first-order chi connectivity index (χ1) is 11.3. The van der Waals surface area contributed by atoms with Crippen LogP contribution in [0, 0.1) is 0 Å². The summed E-state index contributed by atoms with van der Waals surface area (Å²) in [6, 6.07) is 0. The number of β-amino-alcohol motifs (C(OH)–C–C–N with tert-alkyl or cyclic N) is 2. The smallest absolute Gasteiger partial charge is 0.133 e. The number of hydrogen-bond donors (Lipinski definition) is 2. The third kappa shape index (κ3) is 5.12. The second-order valence-corrected chi connectivity index (χ2v) is 7.15. The largest absolute Gasteiger partial charge is 0.395 e. The Morgan fingerprint density at radius 2 is 1.20 bits per heavy atom. The van der Waals surface area contributed by atoms with E-state index in [1.165, 1.54) is 0 Å². The van der Waals surface area contributed by atoms with Gasteiger partial charge < -0.3 is 20.0 Å². The minimum Gasteiger partial charge on any atom is -0.395 e. The number of aliphatic hydroxyl groups excluding tert-OH is 2. The predicted molar refractivity (Wildman–Crippen MR) is 102 cm³/mol. The van der Waals surface area contributed by atoms with E-state index in [1.54, 1.807) is 0 Å². The Morgan fingerprint density at radius 1 is 0.840 bits per heavy atom. The molecule has 25 heavy (non-hydrogen) atoms. The quantitative estimate of drug-likeness (QED) is 0.615. The molecular formula is C16H31ClN6O2. The van der Waals surface area contributed by atoms with E-state index in [9.17, 15) is 10.2 Å². The van der Waals surface area contributed by atoms with Gasteiger partial charge in [-0.25, -0.2) is 0 Å². The summed E-state index contributed by atoms with van der Waals surface area (Å²) in [5.41, 5.74) is -1.10. The van der Waals surface area contributed by atoms with Gasteiger partial charge in [0.25, 0.3) is 0 Å². The average molecular weight is 375 g/mol. The van der Waals surface area contributed by atoms with E-state index in [4.69, 9.17) is 0 Å². The molecule has 2 aliphatic heterocycles. The fourth-order valence-corrected chi connectivity index (χ4v) is 3.14. The standard InChI is InChI=1S/C16H30N6O2.ClH/c1-15(2,13-17-5-7-21(13)9-11-23)19-20-16(3,4)14-18-6-8-22(14)10-12-24;/h23-24H,5-12H2,1-4H3;1H. The predicted octanol–water partition coefficient (Wildman–Crippen LogP) is 0.830. The normalized spacial score (nSPS) is 18.6. The minimum atomic E-state index is -0.552. The molecule has 0 saturated heterocycles. The minimum absolute atomic E-state index is 0. The lowest BCUT2D eigenvalue weighted by molar-refractivity contribution is 0.250. The van der Waals surface area contributed by atoms with E-state index < -0.39 is 11.1 Å². The molecule has 0 aliphatic carbocycles. The highest BCUT2D eigenvalue weighted by molar-refractivity contribution is 5.93. The van der Waals surface area contributed by atoms with Gasteiger partial charge in [-0.05, 0) is 27.7 Å². The van der Waals surface area contributed by atoms with Crippen LogP contribution in [0.5, 0.6) is 0 Å². The van der Waals surface area contributed by atoms with Crippen molar-refractivity contribution >= 4 is 24.1 Å². The van der Waals surface area contributed by atoms with Crippen molar-refractivity contribution in [1.29, 1.82) is 0 Å². The number of halogens is 1. The summed E-state index contributed by atoms with van der Waals surface area (Å²) in [7, 11) is 0. The molecule has 0 aromatic heterocycles. The van der Waals surface area contributed by atoms with Gasteiger partial charge in [0.05, 0.1) is 26.3 Å². The topological polar surface area (TPSA) is 96.4 Å². The highest BCUT2D eigenvalue weighted by atomic mass is 35.5. The summed E-state index contributed by atoms with van der Waals surface area (Å²) in [6.45, 7) is 12.4. The lowest BCUT2D eigenvalue weighted by Crippen LogP contribution is -2.45. The molecule has 0 bridgehead atoms. The molecule has 144 valence electrons. The zero-order valence-electron chi connectivity index (χ0n) is 15.6. The van der Waals surface area contributed by atoms with Crippen LogP contribution in [0.3, 0.4) is 0 Å². The summed E-state index contributed by atoms with van der Waals surface area (Å²) < 4.78 is 0. The van der Waals surface area contributed by atoms with E-state index in [1.807, 2.05) is 27.7 Å². The van der Waals surface area contributed by atoms with Gasteiger partial charge in [-0.2, -0.15) is 10.2 Å². The van der Waals surface area contributed by atoms with Crippen LogP contribution >= 0.6 is 12.4 Å². The van der Waals surface area contributed by atoms with Crippen molar-refractivity contribution in [2.24, 2.45) is 20.2 Å². The van der Waals surface area contributed by atoms with E-state index in [0.29, 0.717) is 13.1 Å². The maximum Gasteiger partial charge on any atom is 0.133 e. The first kappa shape index (κ1) is 21.8. The zero-order valence-corrected chi connectivity index (χ0v) is 16.5. The van der Waals surface area contributed by atoms with E-state index in [-0.39, 0.29) is 25.6 Å². The second-order valence-electron chi connectivity index (χ2n) is 7.15. The van der Waals surface area contributed by atoms with Crippen molar-refractivity contribution < 1.29 is 10.2 Å². The molecule has 0 spiro atoms. The van der Waals surface area contributed by atoms with Gasteiger partial charge in [0.1, 0.15) is 22.7 Å². The number of aliphatic imine (C=N–C) groups is 2. The van der Waals surface area contributed by atoms with Crippen LogP contribution in [0.25, 0.3) is 0 Å². The highest BCUT2D eigenvalue weighted by Crippen LogP contribution is 2.24. The average Bonchev–Trinajstić information content (AvgIpc) is 3.16. The molecule has 8 nitrogen and oxygen atoms in total. The Morgan fingerprint density at radius 3 is 1.52 bits per heavy atom. The Bertz CT molecular complexity index is 487. The van der Waals surface area contributed by atoms with Gasteiger partial charge in [-0.15, -0.1) is 12.4 Å². The summed E-state index contributed by atoms with van der Waals surface area (Å²) >= 11 is 0. The van der Waals surface area contributed by atoms with Crippen molar-refractivity contribution in [1.82, 2.24) is 9.80 Å². The number of azo groups is 1. The molecule has 0 amide bonds. The van der Waals surface area contributed by atoms with Crippen molar-refractivity contribution in [3.63, 3.8) is 0 Å². The van der Waals surface area contributed by atoms with Crippen LogP contribution in [0.15, 0.2) is 20.2 Å². The molecule has 2 N–H and O–H groups in total. The first-order valence-corrected chi connectivity index (χ1v) is 8.57. The van der Waals surface area contributed by atoms with Gasteiger partial charge >= 0.3 is 0 Å². The lowest BCUT2D eigenvalue weighted by atomic mass is 10.0. The molecule has 2 aliphatic rings. The Labute approximate surface area is 156 Å².